The van der Waals surface area contributed by atoms with Gasteiger partial charge in [-0.2, -0.15) is 10.2 Å². The summed E-state index contributed by atoms with van der Waals surface area (Å²) in [6.07, 6.45) is 3.35. The Morgan fingerprint density at radius 2 is 2.10 bits per heavy atom. The number of aromatic amines is 1. The molecule has 0 radical (unpaired) electrons. The van der Waals surface area contributed by atoms with Crippen molar-refractivity contribution in [1.29, 1.82) is 0 Å². The lowest BCUT2D eigenvalue weighted by atomic mass is 10.1. The molecule has 0 bridgehead atoms. The summed E-state index contributed by atoms with van der Waals surface area (Å²) in [5, 5.41) is 18.8. The van der Waals surface area contributed by atoms with Gasteiger partial charge in [0.05, 0.1) is 18.1 Å². The van der Waals surface area contributed by atoms with Crippen molar-refractivity contribution < 1.29 is 0 Å². The number of nitrogens with one attached hydrogen (secondary N) is 2. The number of hydrogen-bond acceptors (Lipinski definition) is 6. The Kier molecular flexibility index (Phi) is 3.34. The lowest BCUT2D eigenvalue weighted by Crippen LogP contribution is -2.13. The van der Waals surface area contributed by atoms with E-state index in [1.807, 2.05) is 30.3 Å². The van der Waals surface area contributed by atoms with E-state index in [-0.39, 0.29) is 0 Å². The van der Waals surface area contributed by atoms with Crippen LogP contribution in [-0.4, -0.2) is 31.3 Å². The number of aryl methyl sites for hydroxylation is 1. The molecule has 0 amide bonds. The molecule has 4 N–H and O–H groups in total. The Labute approximate surface area is 120 Å². The zero-order valence-electron chi connectivity index (χ0n) is 11.4. The zero-order valence-corrected chi connectivity index (χ0v) is 11.4. The molecule has 3 rings (SSSR count). The Bertz CT molecular complexity index is 756. The van der Waals surface area contributed by atoms with Crippen molar-refractivity contribution in [2.75, 3.05) is 11.3 Å². The van der Waals surface area contributed by atoms with Crippen molar-refractivity contribution in [2.45, 2.75) is 6.92 Å². The summed E-state index contributed by atoms with van der Waals surface area (Å²) in [5.74, 6) is 6.69. The Balaban J connectivity index is 1.79. The summed E-state index contributed by atoms with van der Waals surface area (Å²) in [6, 6.07) is 9.89. The van der Waals surface area contributed by atoms with E-state index in [1.165, 1.54) is 4.68 Å². The van der Waals surface area contributed by atoms with E-state index in [2.05, 4.69) is 30.9 Å². The number of anilines is 1. The van der Waals surface area contributed by atoms with Crippen LogP contribution in [0, 0.1) is 6.92 Å². The third-order valence-corrected chi connectivity index (χ3v) is 2.97. The molecule has 0 atom stereocenters. The van der Waals surface area contributed by atoms with Gasteiger partial charge in [0.15, 0.2) is 5.82 Å². The lowest BCUT2D eigenvalue weighted by molar-refractivity contribution is 0.926. The van der Waals surface area contributed by atoms with Crippen molar-refractivity contribution in [3.63, 3.8) is 0 Å². The third kappa shape index (κ3) is 2.59. The van der Waals surface area contributed by atoms with E-state index in [9.17, 15) is 0 Å². The topological polar surface area (TPSA) is 110 Å². The molecule has 21 heavy (non-hydrogen) atoms. The predicted molar refractivity (Wildman–Crippen MR) is 80.1 cm³/mol. The molecule has 0 saturated carbocycles. The van der Waals surface area contributed by atoms with Crippen molar-refractivity contribution >= 4 is 12.2 Å². The average molecular weight is 282 g/mol. The molecule has 1 aromatic carbocycles. The number of hydrogen-bond donors (Lipinski definition) is 3. The number of nitrogens with zero attached hydrogens (tertiary/aromatic N) is 5. The first kappa shape index (κ1) is 12.9. The van der Waals surface area contributed by atoms with Gasteiger partial charge in [-0.25, -0.2) is 10.1 Å². The second kappa shape index (κ2) is 5.45. The Morgan fingerprint density at radius 1 is 1.29 bits per heavy atom. The number of rotatable bonds is 4. The summed E-state index contributed by atoms with van der Waals surface area (Å²) in [5.41, 5.74) is 5.53. The normalized spacial score (nSPS) is 11.1. The van der Waals surface area contributed by atoms with Crippen molar-refractivity contribution in [3.05, 3.63) is 47.9 Å². The number of benzene rings is 1. The van der Waals surface area contributed by atoms with Gasteiger partial charge >= 0.3 is 0 Å². The maximum Gasteiger partial charge on any atom is 0.263 e. The minimum absolute atomic E-state index is 0.369. The van der Waals surface area contributed by atoms with Gasteiger partial charge in [0.1, 0.15) is 0 Å². The van der Waals surface area contributed by atoms with Crippen LogP contribution in [0.1, 0.15) is 11.4 Å². The summed E-state index contributed by atoms with van der Waals surface area (Å²) in [6.45, 7) is 1.76. The summed E-state index contributed by atoms with van der Waals surface area (Å²) in [4.78, 5) is 0. The molecule has 106 valence electrons. The number of aromatic nitrogens is 5. The maximum absolute atomic E-state index is 5.72. The average Bonchev–Trinajstić information content (AvgIpc) is 3.10. The van der Waals surface area contributed by atoms with E-state index < -0.39 is 0 Å². The molecule has 0 unspecified atom stereocenters. The number of nitrogen functional groups attached to an aromatic ring is 1. The minimum atomic E-state index is 0.369. The first-order valence-corrected chi connectivity index (χ1v) is 6.30. The zero-order chi connectivity index (χ0) is 14.7. The first-order valence-electron chi connectivity index (χ1n) is 6.30. The minimum Gasteiger partial charge on any atom is -0.335 e. The molecule has 0 saturated heterocycles. The summed E-state index contributed by atoms with van der Waals surface area (Å²) < 4.78 is 1.32. The highest BCUT2D eigenvalue weighted by atomic mass is 15.5. The highest BCUT2D eigenvalue weighted by Gasteiger charge is 2.06. The van der Waals surface area contributed by atoms with E-state index in [0.29, 0.717) is 11.8 Å². The molecular formula is C13H14N8. The molecule has 0 aliphatic rings. The van der Waals surface area contributed by atoms with E-state index in [0.717, 1.165) is 16.8 Å². The Morgan fingerprint density at radius 3 is 2.81 bits per heavy atom. The fourth-order valence-electron chi connectivity index (χ4n) is 1.83. The van der Waals surface area contributed by atoms with Crippen molar-refractivity contribution in [1.82, 2.24) is 25.1 Å². The van der Waals surface area contributed by atoms with Crippen LogP contribution in [0.25, 0.3) is 11.3 Å². The highest BCUT2D eigenvalue weighted by Crippen LogP contribution is 2.19. The SMILES string of the molecule is Cc1nnc(NN=Cc2cn[nH]c2-c2ccccc2)n1N. The molecule has 2 aromatic heterocycles. The van der Waals surface area contributed by atoms with Gasteiger partial charge in [-0.05, 0) is 6.92 Å². The number of nitrogens with two attached hydrogens (primary N) is 1. The monoisotopic (exact) mass is 282 g/mol. The fourth-order valence-corrected chi connectivity index (χ4v) is 1.83. The largest absolute Gasteiger partial charge is 0.335 e. The van der Waals surface area contributed by atoms with Crippen molar-refractivity contribution in [3.8, 4) is 11.3 Å². The van der Waals surface area contributed by atoms with E-state index >= 15 is 0 Å². The highest BCUT2D eigenvalue weighted by molar-refractivity contribution is 5.88. The van der Waals surface area contributed by atoms with Gasteiger partial charge in [0.2, 0.25) is 0 Å². The quantitative estimate of drug-likeness (QED) is 0.377. The van der Waals surface area contributed by atoms with Crippen LogP contribution < -0.4 is 11.3 Å². The second-order valence-corrected chi connectivity index (χ2v) is 4.38. The molecule has 0 aliphatic carbocycles. The molecule has 0 spiro atoms. The van der Waals surface area contributed by atoms with Crippen LogP contribution in [0.2, 0.25) is 0 Å². The lowest BCUT2D eigenvalue weighted by Gasteiger charge is -2.00. The number of H-pyrrole nitrogens is 1. The Hall–Kier alpha value is -3.16. The molecule has 0 fully saturated rings. The standard InChI is InChI=1S/C13H14N8/c1-9-17-20-13(21(9)14)19-16-8-11-7-15-18-12(11)10-5-3-2-4-6-10/h2-8H,14H2,1H3,(H,15,18)(H,19,20). The van der Waals surface area contributed by atoms with Gasteiger partial charge in [0.25, 0.3) is 5.95 Å². The van der Waals surface area contributed by atoms with Gasteiger partial charge < -0.3 is 5.84 Å². The molecular weight excluding hydrogens is 268 g/mol. The molecule has 3 aromatic rings. The summed E-state index contributed by atoms with van der Waals surface area (Å²) >= 11 is 0. The second-order valence-electron chi connectivity index (χ2n) is 4.38. The molecule has 0 aliphatic heterocycles. The molecule has 8 heteroatoms. The number of hydrazone groups is 1. The van der Waals surface area contributed by atoms with Gasteiger partial charge in [-0.3, -0.25) is 5.10 Å². The van der Waals surface area contributed by atoms with Gasteiger partial charge in [-0.15, -0.1) is 10.2 Å². The van der Waals surface area contributed by atoms with Crippen LogP contribution >= 0.6 is 0 Å². The van der Waals surface area contributed by atoms with Gasteiger partial charge in [0, 0.05) is 11.1 Å². The maximum atomic E-state index is 5.72. The van der Waals surface area contributed by atoms with E-state index in [1.54, 1.807) is 19.3 Å². The first-order chi connectivity index (χ1) is 10.3. The van der Waals surface area contributed by atoms with Crippen LogP contribution in [0.3, 0.4) is 0 Å². The summed E-state index contributed by atoms with van der Waals surface area (Å²) in [7, 11) is 0. The van der Waals surface area contributed by atoms with E-state index in [4.69, 9.17) is 5.84 Å². The van der Waals surface area contributed by atoms with Crippen LogP contribution in [-0.2, 0) is 0 Å². The predicted octanol–water partition coefficient (Wildman–Crippen LogP) is 1.14. The third-order valence-electron chi connectivity index (χ3n) is 2.97. The fraction of sp³-hybridized carbons (Fsp3) is 0.0769. The molecule has 8 nitrogen and oxygen atoms in total. The van der Waals surface area contributed by atoms with Crippen molar-refractivity contribution in [2.24, 2.45) is 5.10 Å². The smallest absolute Gasteiger partial charge is 0.263 e. The van der Waals surface area contributed by atoms with Crippen LogP contribution in [0.5, 0.6) is 0 Å². The van der Waals surface area contributed by atoms with Crippen LogP contribution in [0.4, 0.5) is 5.95 Å². The molecule has 2 heterocycles. The van der Waals surface area contributed by atoms with Gasteiger partial charge in [-0.1, -0.05) is 30.3 Å². The van der Waals surface area contributed by atoms with Crippen LogP contribution in [0.15, 0.2) is 41.6 Å².